The smallest absolute Gasteiger partial charge is 0.286 e. The van der Waals surface area contributed by atoms with Crippen LogP contribution in [0, 0.1) is 6.08 Å². The first-order chi connectivity index (χ1) is 4.83. The molecule has 1 N–H and O–H groups in total. The molecule has 0 aliphatic rings. The largest absolute Gasteiger partial charge is 0.318 e. The van der Waals surface area contributed by atoms with Crippen molar-refractivity contribution < 1.29 is 4.39 Å². The van der Waals surface area contributed by atoms with Gasteiger partial charge in [0, 0.05) is 10.6 Å². The summed E-state index contributed by atoms with van der Waals surface area (Å²) in [6.07, 6.45) is 0.618. The van der Waals surface area contributed by atoms with Crippen LogP contribution in [-0.4, -0.2) is 9.97 Å². The van der Waals surface area contributed by atoms with E-state index >= 15 is 0 Å². The van der Waals surface area contributed by atoms with Crippen LogP contribution in [0.2, 0.25) is 0 Å². The summed E-state index contributed by atoms with van der Waals surface area (Å²) in [5, 5.41) is 3.20. The maximum absolute atomic E-state index is 12.1. The maximum atomic E-state index is 12.1. The second kappa shape index (κ2) is 2.84. The number of hydrogen-bond acceptors (Lipinski definition) is 2. The fourth-order valence-electron chi connectivity index (χ4n) is 0.520. The Labute approximate surface area is 55.5 Å². The van der Waals surface area contributed by atoms with Crippen molar-refractivity contribution in [2.45, 2.75) is 6.54 Å². The van der Waals surface area contributed by atoms with Gasteiger partial charge in [-0.05, 0) is 5.53 Å². The molecule has 52 valence electrons. The van der Waals surface area contributed by atoms with E-state index in [1.54, 1.807) is 0 Å². The first kappa shape index (κ1) is 6.57. The van der Waals surface area contributed by atoms with Gasteiger partial charge >= 0.3 is 0 Å². The number of rotatable bonds is 2. The maximum Gasteiger partial charge on any atom is 0.286 e. The number of azide groups is 1. The molecule has 6 heteroatoms. The van der Waals surface area contributed by atoms with E-state index in [9.17, 15) is 4.39 Å². The molecule has 0 aliphatic carbocycles. The van der Waals surface area contributed by atoms with Crippen LogP contribution >= 0.6 is 0 Å². The second-order valence-electron chi connectivity index (χ2n) is 1.59. The number of aromatic amines is 1. The van der Waals surface area contributed by atoms with Gasteiger partial charge in [0.2, 0.25) is 0 Å². The van der Waals surface area contributed by atoms with Gasteiger partial charge < -0.3 is 4.98 Å². The van der Waals surface area contributed by atoms with Crippen LogP contribution in [-0.2, 0) is 6.54 Å². The number of nitrogens with one attached hydrogen (secondary N) is 1. The Morgan fingerprint density at radius 1 is 1.90 bits per heavy atom. The predicted octanol–water partition coefficient (Wildman–Crippen LogP) is 1.36. The van der Waals surface area contributed by atoms with E-state index in [1.807, 2.05) is 0 Å². The highest BCUT2D eigenvalue weighted by atomic mass is 19.1. The van der Waals surface area contributed by atoms with Gasteiger partial charge in [0.1, 0.15) is 0 Å². The summed E-state index contributed by atoms with van der Waals surface area (Å²) >= 11 is 0. The Kier molecular flexibility index (Phi) is 1.86. The van der Waals surface area contributed by atoms with Crippen molar-refractivity contribution in [2.75, 3.05) is 0 Å². The van der Waals surface area contributed by atoms with Gasteiger partial charge in [0.05, 0.1) is 12.7 Å². The molecule has 0 unspecified atom stereocenters. The zero-order valence-corrected chi connectivity index (χ0v) is 4.95. The van der Waals surface area contributed by atoms with Gasteiger partial charge in [-0.25, -0.2) is 4.98 Å². The highest BCUT2D eigenvalue weighted by Crippen LogP contribution is 1.96. The lowest BCUT2D eigenvalue weighted by atomic mass is 10.5. The summed E-state index contributed by atoms with van der Waals surface area (Å²) in [4.78, 5) is 8.03. The van der Waals surface area contributed by atoms with Crippen molar-refractivity contribution in [1.29, 1.82) is 0 Å². The lowest BCUT2D eigenvalue weighted by Gasteiger charge is -1.81. The molecule has 0 spiro atoms. The lowest BCUT2D eigenvalue weighted by Crippen LogP contribution is -1.79. The predicted molar refractivity (Wildman–Crippen MR) is 31.4 cm³/mol. The Bertz CT molecular complexity index is 260. The van der Waals surface area contributed by atoms with Crippen LogP contribution in [0.25, 0.3) is 10.4 Å². The van der Waals surface area contributed by atoms with Crippen LogP contribution in [0.3, 0.4) is 0 Å². The first-order valence-corrected chi connectivity index (χ1v) is 2.53. The van der Waals surface area contributed by atoms with Crippen molar-refractivity contribution >= 4 is 0 Å². The van der Waals surface area contributed by atoms with Gasteiger partial charge in [-0.1, -0.05) is 5.11 Å². The van der Waals surface area contributed by atoms with Crippen molar-refractivity contribution in [3.63, 3.8) is 0 Å². The van der Waals surface area contributed by atoms with Gasteiger partial charge in [-0.2, -0.15) is 4.39 Å². The average molecular weight is 141 g/mol. The quantitative estimate of drug-likeness (QED) is 0.376. The van der Waals surface area contributed by atoms with E-state index in [-0.39, 0.29) is 6.54 Å². The van der Waals surface area contributed by atoms with Crippen LogP contribution in [0.15, 0.2) is 11.3 Å². The summed E-state index contributed by atoms with van der Waals surface area (Å²) in [5.41, 5.74) is 8.33. The van der Waals surface area contributed by atoms with E-state index in [0.717, 1.165) is 0 Å². The summed E-state index contributed by atoms with van der Waals surface area (Å²) in [7, 11) is 0. The SMILES string of the molecule is [N-]=[N+]=NCc1cnc(F)[nH]1. The molecule has 0 atom stereocenters. The highest BCUT2D eigenvalue weighted by molar-refractivity contribution is 4.94. The number of nitrogens with zero attached hydrogens (tertiary/aromatic N) is 4. The molecule has 0 bridgehead atoms. The molecular formula is C4H4FN5. The minimum absolute atomic E-state index is 0.105. The second-order valence-corrected chi connectivity index (χ2v) is 1.59. The molecule has 1 aromatic rings. The van der Waals surface area contributed by atoms with Crippen molar-refractivity contribution in [3.8, 4) is 0 Å². The topological polar surface area (TPSA) is 77.4 Å². The summed E-state index contributed by atoms with van der Waals surface area (Å²) in [6, 6.07) is 0. The molecule has 0 fully saturated rings. The van der Waals surface area contributed by atoms with Crippen LogP contribution < -0.4 is 0 Å². The fraction of sp³-hybridized carbons (Fsp3) is 0.250. The molecular weight excluding hydrogens is 137 g/mol. The third kappa shape index (κ3) is 1.46. The van der Waals surface area contributed by atoms with E-state index in [4.69, 9.17) is 5.53 Å². The van der Waals surface area contributed by atoms with Gasteiger partial charge in [0.15, 0.2) is 0 Å². The normalized spacial score (nSPS) is 8.90. The van der Waals surface area contributed by atoms with Gasteiger partial charge in [-0.3, -0.25) is 0 Å². The Balaban J connectivity index is 2.66. The lowest BCUT2D eigenvalue weighted by molar-refractivity contribution is 0.550. The van der Waals surface area contributed by atoms with E-state index in [0.29, 0.717) is 5.69 Å². The molecule has 0 saturated carbocycles. The molecule has 10 heavy (non-hydrogen) atoms. The minimum atomic E-state index is -0.664. The Morgan fingerprint density at radius 3 is 3.20 bits per heavy atom. The molecule has 5 nitrogen and oxygen atoms in total. The third-order valence-corrected chi connectivity index (χ3v) is 0.902. The zero-order valence-electron chi connectivity index (χ0n) is 4.95. The molecule has 0 amide bonds. The highest BCUT2D eigenvalue weighted by Gasteiger charge is 1.94. The number of hydrogen-bond donors (Lipinski definition) is 1. The Morgan fingerprint density at radius 2 is 2.70 bits per heavy atom. The van der Waals surface area contributed by atoms with Gasteiger partial charge in [0.25, 0.3) is 6.08 Å². The molecule has 1 aromatic heterocycles. The molecule has 1 rings (SSSR count). The number of H-pyrrole nitrogens is 1. The number of imidazole rings is 1. The van der Waals surface area contributed by atoms with Crippen LogP contribution in [0.5, 0.6) is 0 Å². The van der Waals surface area contributed by atoms with E-state index in [2.05, 4.69) is 20.0 Å². The van der Waals surface area contributed by atoms with Crippen molar-refractivity contribution in [3.05, 3.63) is 28.4 Å². The first-order valence-electron chi connectivity index (χ1n) is 2.53. The molecule has 0 radical (unpaired) electrons. The average Bonchev–Trinajstić information content (AvgIpc) is 2.31. The van der Waals surface area contributed by atoms with E-state index < -0.39 is 6.08 Å². The fourth-order valence-corrected chi connectivity index (χ4v) is 0.520. The standard InChI is InChI=1S/C4H4FN5/c5-4-7-1-3(9-4)2-8-10-6/h1H,2H2,(H,7,9). The van der Waals surface area contributed by atoms with Crippen LogP contribution in [0.4, 0.5) is 4.39 Å². The van der Waals surface area contributed by atoms with E-state index in [1.165, 1.54) is 6.20 Å². The summed E-state index contributed by atoms with van der Waals surface area (Å²) in [6.45, 7) is 0.105. The third-order valence-electron chi connectivity index (χ3n) is 0.902. The van der Waals surface area contributed by atoms with Gasteiger partial charge in [-0.15, -0.1) is 0 Å². The van der Waals surface area contributed by atoms with Crippen molar-refractivity contribution in [1.82, 2.24) is 9.97 Å². The minimum Gasteiger partial charge on any atom is -0.318 e. The number of halogens is 1. The number of aromatic nitrogens is 2. The molecule has 1 heterocycles. The molecule has 0 saturated heterocycles. The van der Waals surface area contributed by atoms with Crippen LogP contribution in [0.1, 0.15) is 5.69 Å². The monoisotopic (exact) mass is 141 g/mol. The Hall–Kier alpha value is -1.55. The summed E-state index contributed by atoms with van der Waals surface area (Å²) < 4.78 is 12.1. The van der Waals surface area contributed by atoms with Crippen molar-refractivity contribution in [2.24, 2.45) is 5.11 Å². The zero-order chi connectivity index (χ0) is 7.40. The summed E-state index contributed by atoms with van der Waals surface area (Å²) in [5.74, 6) is 0. The molecule has 0 aromatic carbocycles. The molecule has 0 aliphatic heterocycles.